The molecule has 0 aliphatic rings. The lowest BCUT2D eigenvalue weighted by atomic mass is 10.1. The van der Waals surface area contributed by atoms with Crippen molar-refractivity contribution >= 4 is 17.3 Å². The first-order chi connectivity index (χ1) is 13.6. The van der Waals surface area contributed by atoms with Crippen molar-refractivity contribution < 1.29 is 18.3 Å². The number of nitrogens with one attached hydrogen (secondary N) is 1. The SMILES string of the molecule is COc1ccc(-c2cc3nccn3c(Nc3ccc(F)c(F)c3)n2)cc1OC. The van der Waals surface area contributed by atoms with Gasteiger partial charge in [0.2, 0.25) is 5.95 Å². The number of rotatable bonds is 5. The quantitative estimate of drug-likeness (QED) is 0.553. The van der Waals surface area contributed by atoms with Crippen molar-refractivity contribution in [1.29, 1.82) is 0 Å². The molecule has 2 aromatic carbocycles. The van der Waals surface area contributed by atoms with Crippen LogP contribution in [-0.4, -0.2) is 28.6 Å². The number of nitrogens with zero attached hydrogens (tertiary/aromatic N) is 3. The van der Waals surface area contributed by atoms with E-state index in [1.165, 1.54) is 6.07 Å². The minimum atomic E-state index is -0.942. The number of aromatic nitrogens is 3. The van der Waals surface area contributed by atoms with E-state index in [0.717, 1.165) is 17.7 Å². The molecule has 0 spiro atoms. The maximum Gasteiger partial charge on any atom is 0.213 e. The topological polar surface area (TPSA) is 60.7 Å². The van der Waals surface area contributed by atoms with Gasteiger partial charge in [-0.1, -0.05) is 0 Å². The molecule has 4 aromatic rings. The number of ether oxygens (including phenoxy) is 2. The van der Waals surface area contributed by atoms with Gasteiger partial charge in [-0.15, -0.1) is 0 Å². The number of anilines is 2. The predicted octanol–water partition coefficient (Wildman–Crippen LogP) is 4.44. The van der Waals surface area contributed by atoms with E-state index >= 15 is 0 Å². The number of hydrogen-bond acceptors (Lipinski definition) is 5. The largest absolute Gasteiger partial charge is 0.493 e. The minimum Gasteiger partial charge on any atom is -0.493 e. The molecule has 6 nitrogen and oxygen atoms in total. The third-order valence-electron chi connectivity index (χ3n) is 4.24. The van der Waals surface area contributed by atoms with Gasteiger partial charge in [-0.2, -0.15) is 0 Å². The molecule has 0 fully saturated rings. The van der Waals surface area contributed by atoms with Gasteiger partial charge in [0.25, 0.3) is 0 Å². The van der Waals surface area contributed by atoms with Crippen molar-refractivity contribution in [3.05, 3.63) is 66.5 Å². The molecule has 0 saturated heterocycles. The molecule has 0 amide bonds. The zero-order valence-electron chi connectivity index (χ0n) is 15.1. The van der Waals surface area contributed by atoms with Crippen molar-refractivity contribution in [2.45, 2.75) is 0 Å². The highest BCUT2D eigenvalue weighted by Crippen LogP contribution is 2.32. The van der Waals surface area contributed by atoms with E-state index in [1.807, 2.05) is 18.2 Å². The van der Waals surface area contributed by atoms with Crippen LogP contribution in [0.2, 0.25) is 0 Å². The van der Waals surface area contributed by atoms with Crippen molar-refractivity contribution in [3.63, 3.8) is 0 Å². The van der Waals surface area contributed by atoms with Gasteiger partial charge >= 0.3 is 0 Å². The van der Waals surface area contributed by atoms with Crippen molar-refractivity contribution in [3.8, 4) is 22.8 Å². The van der Waals surface area contributed by atoms with Crippen molar-refractivity contribution in [2.75, 3.05) is 19.5 Å². The fourth-order valence-corrected chi connectivity index (χ4v) is 2.86. The Labute approximate surface area is 159 Å². The summed E-state index contributed by atoms with van der Waals surface area (Å²) in [6.07, 6.45) is 3.36. The summed E-state index contributed by atoms with van der Waals surface area (Å²) < 4.78 is 39.1. The fraction of sp³-hybridized carbons (Fsp3) is 0.100. The van der Waals surface area contributed by atoms with Crippen LogP contribution < -0.4 is 14.8 Å². The average Bonchev–Trinajstić information content (AvgIpc) is 3.19. The van der Waals surface area contributed by atoms with E-state index in [4.69, 9.17) is 9.47 Å². The lowest BCUT2D eigenvalue weighted by Gasteiger charge is -2.12. The first-order valence-electron chi connectivity index (χ1n) is 8.37. The highest BCUT2D eigenvalue weighted by atomic mass is 19.2. The first-order valence-corrected chi connectivity index (χ1v) is 8.37. The molecule has 0 aliphatic heterocycles. The number of benzene rings is 2. The molecule has 2 aromatic heterocycles. The second-order valence-corrected chi connectivity index (χ2v) is 5.94. The predicted molar refractivity (Wildman–Crippen MR) is 101 cm³/mol. The molecule has 2 heterocycles. The normalized spacial score (nSPS) is 10.9. The molecule has 8 heteroatoms. The van der Waals surface area contributed by atoms with Gasteiger partial charge in [0.15, 0.2) is 23.1 Å². The Morgan fingerprint density at radius 1 is 0.929 bits per heavy atom. The molecular weight excluding hydrogens is 366 g/mol. The molecule has 28 heavy (non-hydrogen) atoms. The Bertz CT molecular complexity index is 1160. The number of imidazole rings is 1. The molecule has 142 valence electrons. The summed E-state index contributed by atoms with van der Waals surface area (Å²) in [5.74, 6) is -0.271. The molecular formula is C20H16F2N4O2. The Balaban J connectivity index is 1.80. The lowest BCUT2D eigenvalue weighted by molar-refractivity contribution is 0.355. The summed E-state index contributed by atoms with van der Waals surface area (Å²) in [4.78, 5) is 8.93. The summed E-state index contributed by atoms with van der Waals surface area (Å²) in [5.41, 5.74) is 2.43. The van der Waals surface area contributed by atoms with Crippen molar-refractivity contribution in [2.24, 2.45) is 0 Å². The van der Waals surface area contributed by atoms with Gasteiger partial charge in [0.05, 0.1) is 19.9 Å². The molecule has 0 radical (unpaired) electrons. The summed E-state index contributed by atoms with van der Waals surface area (Å²) in [6, 6.07) is 10.8. The first kappa shape index (κ1) is 17.7. The second-order valence-electron chi connectivity index (χ2n) is 5.94. The van der Waals surface area contributed by atoms with Crippen LogP contribution in [0.15, 0.2) is 54.9 Å². The Kier molecular flexibility index (Phi) is 4.52. The fourth-order valence-electron chi connectivity index (χ4n) is 2.86. The van der Waals surface area contributed by atoms with Crippen LogP contribution in [-0.2, 0) is 0 Å². The maximum absolute atomic E-state index is 13.6. The molecule has 1 N–H and O–H groups in total. The molecule has 0 saturated carbocycles. The van der Waals surface area contributed by atoms with Crippen LogP contribution in [0.1, 0.15) is 0 Å². The molecule has 0 unspecified atom stereocenters. The van der Waals surface area contributed by atoms with E-state index in [0.29, 0.717) is 34.5 Å². The average molecular weight is 382 g/mol. The maximum atomic E-state index is 13.6. The second kappa shape index (κ2) is 7.15. The summed E-state index contributed by atoms with van der Waals surface area (Å²) in [5, 5.41) is 3.01. The zero-order valence-corrected chi connectivity index (χ0v) is 15.1. The number of fused-ring (bicyclic) bond motifs is 1. The third kappa shape index (κ3) is 3.20. The summed E-state index contributed by atoms with van der Waals surface area (Å²) >= 11 is 0. The molecule has 4 rings (SSSR count). The Hall–Kier alpha value is -3.68. The van der Waals surface area contributed by atoms with Gasteiger partial charge in [-0.05, 0) is 30.3 Å². The van der Waals surface area contributed by atoms with Crippen LogP contribution in [0.4, 0.5) is 20.4 Å². The standard InChI is InChI=1S/C20H16F2N4O2/c1-27-17-6-3-12(9-18(17)28-2)16-11-19-23-7-8-26(19)20(25-16)24-13-4-5-14(21)15(22)10-13/h3-11H,1-2H3,(H,24,25). The van der Waals surface area contributed by atoms with E-state index in [-0.39, 0.29) is 0 Å². The van der Waals surface area contributed by atoms with Crippen LogP contribution in [0.25, 0.3) is 16.9 Å². The summed E-state index contributed by atoms with van der Waals surface area (Å²) in [7, 11) is 3.12. The minimum absolute atomic E-state index is 0.367. The highest BCUT2D eigenvalue weighted by Gasteiger charge is 2.12. The molecule has 0 bridgehead atoms. The van der Waals surface area contributed by atoms with Gasteiger partial charge in [0.1, 0.15) is 5.65 Å². The van der Waals surface area contributed by atoms with E-state index in [9.17, 15) is 8.78 Å². The van der Waals surface area contributed by atoms with Crippen LogP contribution in [0.5, 0.6) is 11.5 Å². The molecule has 0 aliphatic carbocycles. The van der Waals surface area contributed by atoms with Crippen LogP contribution in [0.3, 0.4) is 0 Å². The summed E-state index contributed by atoms with van der Waals surface area (Å²) in [6.45, 7) is 0. The van der Waals surface area contributed by atoms with Crippen LogP contribution in [0, 0.1) is 11.6 Å². The molecule has 0 atom stereocenters. The number of methoxy groups -OCH3 is 2. The number of halogens is 2. The van der Waals surface area contributed by atoms with Gasteiger partial charge in [0, 0.05) is 35.8 Å². The van der Waals surface area contributed by atoms with Gasteiger partial charge in [-0.3, -0.25) is 4.40 Å². The van der Waals surface area contributed by atoms with E-state index in [2.05, 4.69) is 15.3 Å². The van der Waals surface area contributed by atoms with Crippen LogP contribution >= 0.6 is 0 Å². The zero-order chi connectivity index (χ0) is 19.7. The van der Waals surface area contributed by atoms with E-state index in [1.54, 1.807) is 37.1 Å². The Morgan fingerprint density at radius 2 is 1.75 bits per heavy atom. The highest BCUT2D eigenvalue weighted by molar-refractivity contribution is 5.70. The van der Waals surface area contributed by atoms with Gasteiger partial charge in [-0.25, -0.2) is 18.7 Å². The third-order valence-corrected chi connectivity index (χ3v) is 4.24. The number of hydrogen-bond donors (Lipinski definition) is 1. The van der Waals surface area contributed by atoms with Crippen molar-refractivity contribution in [1.82, 2.24) is 14.4 Å². The van der Waals surface area contributed by atoms with Gasteiger partial charge < -0.3 is 14.8 Å². The Morgan fingerprint density at radius 3 is 2.50 bits per heavy atom. The monoisotopic (exact) mass is 382 g/mol. The van der Waals surface area contributed by atoms with E-state index < -0.39 is 11.6 Å². The lowest BCUT2D eigenvalue weighted by Crippen LogP contribution is -2.03. The smallest absolute Gasteiger partial charge is 0.213 e.